The lowest BCUT2D eigenvalue weighted by molar-refractivity contribution is -0.146. The van der Waals surface area contributed by atoms with Gasteiger partial charge < -0.3 is 19.3 Å². The summed E-state index contributed by atoms with van der Waals surface area (Å²) in [6.07, 6.45) is 1.34. The van der Waals surface area contributed by atoms with Crippen LogP contribution in [-0.4, -0.2) is 71.8 Å². The summed E-state index contributed by atoms with van der Waals surface area (Å²) in [6.45, 7) is 5.96. The maximum absolute atomic E-state index is 15.5. The van der Waals surface area contributed by atoms with Crippen LogP contribution in [0.3, 0.4) is 0 Å². The van der Waals surface area contributed by atoms with Gasteiger partial charge in [-0.3, -0.25) is 9.59 Å². The van der Waals surface area contributed by atoms with E-state index in [2.05, 4.69) is 0 Å². The molecule has 3 rings (SSSR count). The molecule has 0 aromatic heterocycles. The smallest absolute Gasteiger partial charge is 0.410 e. The lowest BCUT2D eigenvalue weighted by Crippen LogP contribution is -2.53. The largest absolute Gasteiger partial charge is 0.469 e. The second-order valence-electron chi connectivity index (χ2n) is 8.88. The Balaban J connectivity index is 1.66. The van der Waals surface area contributed by atoms with E-state index in [1.54, 1.807) is 25.7 Å². The number of carbonyl (C=O) groups is 3. The van der Waals surface area contributed by atoms with Gasteiger partial charge in [0, 0.05) is 38.0 Å². The van der Waals surface area contributed by atoms with Crippen molar-refractivity contribution in [3.63, 3.8) is 0 Å². The van der Waals surface area contributed by atoms with Gasteiger partial charge in [-0.25, -0.2) is 9.18 Å². The maximum Gasteiger partial charge on any atom is 0.410 e. The Bertz CT molecular complexity index is 634. The quantitative estimate of drug-likeness (QED) is 0.682. The second kappa shape index (κ2) is 6.95. The molecule has 3 aliphatic rings. The molecule has 1 aliphatic carbocycles. The van der Waals surface area contributed by atoms with Crippen LogP contribution in [0.25, 0.3) is 0 Å². The van der Waals surface area contributed by atoms with E-state index in [-0.39, 0.29) is 44.0 Å². The Morgan fingerprint density at radius 1 is 1.22 bits per heavy atom. The molecule has 7 nitrogen and oxygen atoms in total. The summed E-state index contributed by atoms with van der Waals surface area (Å²) in [5, 5.41) is 0. The average Bonchev–Trinajstić information content (AvgIpc) is 3.16. The van der Waals surface area contributed by atoms with Crippen molar-refractivity contribution in [2.24, 2.45) is 11.8 Å². The minimum Gasteiger partial charge on any atom is -0.469 e. The molecule has 8 heteroatoms. The first kappa shape index (κ1) is 19.9. The number of hydrogen-bond acceptors (Lipinski definition) is 5. The zero-order chi connectivity index (χ0) is 20.0. The summed E-state index contributed by atoms with van der Waals surface area (Å²) in [7, 11) is 1.35. The predicted molar refractivity (Wildman–Crippen MR) is 94.6 cm³/mol. The number of rotatable bonds is 2. The molecule has 2 amide bonds. The summed E-state index contributed by atoms with van der Waals surface area (Å²) in [6, 6.07) is -0.144. The molecule has 2 unspecified atom stereocenters. The Labute approximate surface area is 159 Å². The van der Waals surface area contributed by atoms with Crippen LogP contribution < -0.4 is 0 Å². The van der Waals surface area contributed by atoms with E-state index in [1.165, 1.54) is 12.0 Å². The molecule has 152 valence electrons. The molecule has 0 radical (unpaired) electrons. The molecule has 0 spiro atoms. The van der Waals surface area contributed by atoms with E-state index >= 15 is 4.39 Å². The van der Waals surface area contributed by atoms with Gasteiger partial charge in [0.2, 0.25) is 0 Å². The van der Waals surface area contributed by atoms with Crippen LogP contribution in [0, 0.1) is 11.8 Å². The Morgan fingerprint density at radius 2 is 1.93 bits per heavy atom. The minimum atomic E-state index is -1.93. The van der Waals surface area contributed by atoms with Gasteiger partial charge in [-0.1, -0.05) is 0 Å². The first-order valence-electron chi connectivity index (χ1n) is 9.61. The number of fused-ring (bicyclic) bond motifs is 1. The SMILES string of the molecule is COC(=O)C1CCC(N2C[C@@H]3CN(C(=O)OC(C)(C)C)CC[C@]3(F)C2=O)C1. The molecular formula is C19H29FN2O5. The topological polar surface area (TPSA) is 76.2 Å². The highest BCUT2D eigenvalue weighted by Crippen LogP contribution is 2.43. The fourth-order valence-electron chi connectivity index (χ4n) is 4.48. The zero-order valence-electron chi connectivity index (χ0n) is 16.5. The second-order valence-corrected chi connectivity index (χ2v) is 8.88. The highest BCUT2D eigenvalue weighted by molar-refractivity contribution is 5.89. The lowest BCUT2D eigenvalue weighted by Gasteiger charge is -2.37. The first-order valence-corrected chi connectivity index (χ1v) is 9.61. The molecular weight excluding hydrogens is 355 g/mol. The lowest BCUT2D eigenvalue weighted by atomic mass is 9.85. The molecule has 3 fully saturated rings. The van der Waals surface area contributed by atoms with E-state index in [0.29, 0.717) is 19.3 Å². The number of piperidine rings is 1. The summed E-state index contributed by atoms with van der Waals surface area (Å²) >= 11 is 0. The molecule has 1 saturated carbocycles. The number of halogens is 1. The number of likely N-dealkylation sites (tertiary alicyclic amines) is 2. The number of esters is 1. The number of nitrogens with zero attached hydrogens (tertiary/aromatic N) is 2. The highest BCUT2D eigenvalue weighted by atomic mass is 19.1. The van der Waals surface area contributed by atoms with Gasteiger partial charge in [0.05, 0.1) is 13.0 Å². The van der Waals surface area contributed by atoms with E-state index in [1.807, 2.05) is 0 Å². The number of methoxy groups -OCH3 is 1. The molecule has 2 saturated heterocycles. The molecule has 0 N–H and O–H groups in total. The van der Waals surface area contributed by atoms with Crippen molar-refractivity contribution in [1.29, 1.82) is 0 Å². The van der Waals surface area contributed by atoms with E-state index in [0.717, 1.165) is 0 Å². The molecule has 4 atom stereocenters. The van der Waals surface area contributed by atoms with Crippen molar-refractivity contribution < 1.29 is 28.2 Å². The summed E-state index contributed by atoms with van der Waals surface area (Å²) in [5.74, 6) is -1.56. The third kappa shape index (κ3) is 3.75. The molecule has 0 aromatic rings. The van der Waals surface area contributed by atoms with Gasteiger partial charge in [-0.15, -0.1) is 0 Å². The molecule has 0 bridgehead atoms. The number of carbonyl (C=O) groups excluding carboxylic acids is 3. The van der Waals surface area contributed by atoms with Crippen molar-refractivity contribution >= 4 is 18.0 Å². The standard InChI is InChI=1S/C19H29FN2O5/c1-18(2,3)27-17(25)21-8-7-19(20)13(10-21)11-22(16(19)24)14-6-5-12(9-14)15(23)26-4/h12-14H,5-11H2,1-4H3/t12?,13-,14?,19+/m0/s1. The van der Waals surface area contributed by atoms with Gasteiger partial charge in [0.15, 0.2) is 5.67 Å². The Hall–Kier alpha value is -1.86. The van der Waals surface area contributed by atoms with Crippen LogP contribution >= 0.6 is 0 Å². The minimum absolute atomic E-state index is 0.0145. The summed E-state index contributed by atoms with van der Waals surface area (Å²) < 4.78 is 25.7. The van der Waals surface area contributed by atoms with Gasteiger partial charge in [-0.2, -0.15) is 0 Å². The predicted octanol–water partition coefficient (Wildman–Crippen LogP) is 2.14. The first-order chi connectivity index (χ1) is 12.5. The van der Waals surface area contributed by atoms with Crippen LogP contribution in [0.4, 0.5) is 9.18 Å². The van der Waals surface area contributed by atoms with Crippen molar-refractivity contribution in [1.82, 2.24) is 9.80 Å². The van der Waals surface area contributed by atoms with E-state index < -0.39 is 29.2 Å². The highest BCUT2D eigenvalue weighted by Gasteiger charge is 2.59. The van der Waals surface area contributed by atoms with Gasteiger partial charge in [0.25, 0.3) is 5.91 Å². The zero-order valence-corrected chi connectivity index (χ0v) is 16.5. The molecule has 27 heavy (non-hydrogen) atoms. The monoisotopic (exact) mass is 384 g/mol. The van der Waals surface area contributed by atoms with Crippen LogP contribution in [0.2, 0.25) is 0 Å². The Kier molecular flexibility index (Phi) is 5.12. The maximum atomic E-state index is 15.5. The van der Waals surface area contributed by atoms with Crippen LogP contribution in [0.15, 0.2) is 0 Å². The van der Waals surface area contributed by atoms with Crippen molar-refractivity contribution in [3.05, 3.63) is 0 Å². The molecule has 2 aliphatic heterocycles. The number of amides is 2. The number of hydrogen-bond donors (Lipinski definition) is 0. The average molecular weight is 384 g/mol. The van der Waals surface area contributed by atoms with Crippen molar-refractivity contribution in [2.75, 3.05) is 26.7 Å². The third-order valence-corrected chi connectivity index (χ3v) is 5.90. The van der Waals surface area contributed by atoms with Gasteiger partial charge in [0.1, 0.15) is 5.60 Å². The van der Waals surface area contributed by atoms with Crippen LogP contribution in [0.5, 0.6) is 0 Å². The van der Waals surface area contributed by atoms with E-state index in [4.69, 9.17) is 9.47 Å². The van der Waals surface area contributed by atoms with Crippen LogP contribution in [-0.2, 0) is 19.1 Å². The van der Waals surface area contributed by atoms with Crippen molar-refractivity contribution in [2.45, 2.75) is 63.8 Å². The van der Waals surface area contributed by atoms with Gasteiger partial charge >= 0.3 is 12.1 Å². The number of ether oxygens (including phenoxy) is 2. The number of alkyl halides is 1. The molecule has 0 aromatic carbocycles. The van der Waals surface area contributed by atoms with Crippen molar-refractivity contribution in [3.8, 4) is 0 Å². The summed E-state index contributed by atoms with van der Waals surface area (Å²) in [5.41, 5.74) is -2.55. The fraction of sp³-hybridized carbons (Fsp3) is 0.842. The van der Waals surface area contributed by atoms with Gasteiger partial charge in [-0.05, 0) is 40.0 Å². The van der Waals surface area contributed by atoms with Crippen LogP contribution in [0.1, 0.15) is 46.5 Å². The normalized spacial score (nSPS) is 33.8. The molecule has 2 heterocycles. The van der Waals surface area contributed by atoms with E-state index in [9.17, 15) is 14.4 Å². The third-order valence-electron chi connectivity index (χ3n) is 5.90. The summed E-state index contributed by atoms with van der Waals surface area (Å²) in [4.78, 5) is 39.9. The Morgan fingerprint density at radius 3 is 2.56 bits per heavy atom. The fourth-order valence-corrected chi connectivity index (χ4v) is 4.48.